The van der Waals surface area contributed by atoms with Crippen molar-refractivity contribution in [1.29, 1.82) is 0 Å². The number of nitro groups is 1. The Labute approximate surface area is 151 Å². The van der Waals surface area contributed by atoms with Gasteiger partial charge in [-0.1, -0.05) is 30.3 Å². The molecule has 2 atom stereocenters. The molecule has 2 bridgehead atoms. The third-order valence-electron chi connectivity index (χ3n) is 5.41. The Kier molecular flexibility index (Phi) is 4.49. The van der Waals surface area contributed by atoms with Crippen LogP contribution in [0.5, 0.6) is 5.75 Å². The number of nitrogens with zero attached hydrogens (tertiary/aromatic N) is 2. The molecule has 2 unspecified atom stereocenters. The summed E-state index contributed by atoms with van der Waals surface area (Å²) in [6.07, 6.45) is 5.30. The van der Waals surface area contributed by atoms with Crippen LogP contribution in [-0.2, 0) is 6.61 Å². The van der Waals surface area contributed by atoms with Crippen LogP contribution in [0, 0.1) is 15.9 Å². The smallest absolute Gasteiger partial charge is 0.276 e. The molecule has 0 radical (unpaired) electrons. The molecule has 6 heteroatoms. The van der Waals surface area contributed by atoms with Crippen molar-refractivity contribution >= 4 is 11.4 Å². The fourth-order valence-corrected chi connectivity index (χ4v) is 4.24. The minimum Gasteiger partial charge on any atom is -0.486 e. The first-order valence-electron chi connectivity index (χ1n) is 9.06. The van der Waals surface area contributed by atoms with E-state index >= 15 is 0 Å². The number of hydrogen-bond acceptors (Lipinski definition) is 4. The zero-order chi connectivity index (χ0) is 18.1. The molecule has 0 aliphatic carbocycles. The van der Waals surface area contributed by atoms with Crippen LogP contribution >= 0.6 is 0 Å². The number of benzene rings is 2. The third-order valence-corrected chi connectivity index (χ3v) is 5.41. The van der Waals surface area contributed by atoms with E-state index in [1.165, 1.54) is 6.07 Å². The Morgan fingerprint density at radius 2 is 1.81 bits per heavy atom. The third kappa shape index (κ3) is 3.11. The van der Waals surface area contributed by atoms with Crippen LogP contribution < -0.4 is 9.64 Å². The van der Waals surface area contributed by atoms with Crippen molar-refractivity contribution < 1.29 is 14.1 Å². The van der Waals surface area contributed by atoms with Crippen molar-refractivity contribution in [3.05, 3.63) is 64.0 Å². The summed E-state index contributed by atoms with van der Waals surface area (Å²) in [7, 11) is 0. The van der Waals surface area contributed by atoms with Gasteiger partial charge in [-0.05, 0) is 37.7 Å². The summed E-state index contributed by atoms with van der Waals surface area (Å²) < 4.78 is 20.8. The lowest BCUT2D eigenvalue weighted by molar-refractivity contribution is -0.385. The fourth-order valence-electron chi connectivity index (χ4n) is 4.24. The molecule has 5 nitrogen and oxygen atoms in total. The highest BCUT2D eigenvalue weighted by molar-refractivity contribution is 5.65. The maximum absolute atomic E-state index is 14.9. The van der Waals surface area contributed by atoms with E-state index < -0.39 is 10.7 Å². The van der Waals surface area contributed by atoms with E-state index in [-0.39, 0.29) is 18.0 Å². The molecule has 0 saturated carbocycles. The van der Waals surface area contributed by atoms with Gasteiger partial charge in [-0.3, -0.25) is 10.1 Å². The molecule has 0 spiro atoms. The van der Waals surface area contributed by atoms with E-state index in [0.717, 1.165) is 43.7 Å². The second-order valence-corrected chi connectivity index (χ2v) is 7.03. The summed E-state index contributed by atoms with van der Waals surface area (Å²) in [5, 5.41) is 11.2. The molecule has 136 valence electrons. The van der Waals surface area contributed by atoms with Gasteiger partial charge in [-0.25, -0.2) is 4.39 Å². The summed E-state index contributed by atoms with van der Waals surface area (Å²) in [4.78, 5) is 12.7. The number of anilines is 1. The topological polar surface area (TPSA) is 55.6 Å². The van der Waals surface area contributed by atoms with E-state index in [1.807, 2.05) is 30.3 Å². The number of hydrogen-bond donors (Lipinski definition) is 0. The van der Waals surface area contributed by atoms with Crippen molar-refractivity contribution in [3.8, 4) is 5.75 Å². The average Bonchev–Trinajstić information content (AvgIpc) is 2.87. The SMILES string of the molecule is O=[N+]([O-])c1cc(F)c(N2C3CCCC2CC3)c(OCc2ccccc2)c1. The lowest BCUT2D eigenvalue weighted by Gasteiger charge is -2.37. The molecule has 26 heavy (non-hydrogen) atoms. The summed E-state index contributed by atoms with van der Waals surface area (Å²) in [5.41, 5.74) is 1.05. The van der Waals surface area contributed by atoms with Gasteiger partial charge < -0.3 is 9.64 Å². The van der Waals surface area contributed by atoms with Crippen LogP contribution in [0.2, 0.25) is 0 Å². The van der Waals surface area contributed by atoms with Crippen LogP contribution in [0.1, 0.15) is 37.7 Å². The van der Waals surface area contributed by atoms with Crippen LogP contribution in [0.25, 0.3) is 0 Å². The highest BCUT2D eigenvalue weighted by Crippen LogP contribution is 2.45. The molecule has 0 N–H and O–H groups in total. The number of ether oxygens (including phenoxy) is 1. The molecule has 0 aromatic heterocycles. The van der Waals surface area contributed by atoms with Crippen LogP contribution in [0.4, 0.5) is 15.8 Å². The number of piperidine rings is 1. The first-order chi connectivity index (χ1) is 12.6. The highest BCUT2D eigenvalue weighted by Gasteiger charge is 2.39. The van der Waals surface area contributed by atoms with Gasteiger partial charge in [-0.2, -0.15) is 0 Å². The summed E-state index contributed by atoms with van der Waals surface area (Å²) in [6.45, 7) is 0.248. The van der Waals surface area contributed by atoms with Gasteiger partial charge in [-0.15, -0.1) is 0 Å². The molecule has 2 fully saturated rings. The first-order valence-corrected chi connectivity index (χ1v) is 9.06. The molecule has 2 aliphatic heterocycles. The average molecular weight is 356 g/mol. The number of fused-ring (bicyclic) bond motifs is 2. The Balaban J connectivity index is 1.71. The second-order valence-electron chi connectivity index (χ2n) is 7.03. The van der Waals surface area contributed by atoms with Gasteiger partial charge >= 0.3 is 0 Å². The van der Waals surface area contributed by atoms with Crippen molar-refractivity contribution in [1.82, 2.24) is 0 Å². The maximum atomic E-state index is 14.9. The quantitative estimate of drug-likeness (QED) is 0.568. The van der Waals surface area contributed by atoms with E-state index in [4.69, 9.17) is 4.74 Å². The lowest BCUT2D eigenvalue weighted by Crippen LogP contribution is -2.40. The van der Waals surface area contributed by atoms with E-state index in [9.17, 15) is 14.5 Å². The molecular weight excluding hydrogens is 335 g/mol. The van der Waals surface area contributed by atoms with Gasteiger partial charge in [0.1, 0.15) is 12.3 Å². The molecule has 2 saturated heterocycles. The van der Waals surface area contributed by atoms with Gasteiger partial charge in [0.15, 0.2) is 11.6 Å². The number of rotatable bonds is 5. The van der Waals surface area contributed by atoms with Crippen LogP contribution in [0.15, 0.2) is 42.5 Å². The van der Waals surface area contributed by atoms with Gasteiger partial charge in [0.05, 0.1) is 17.1 Å². The Bertz CT molecular complexity index is 796. The van der Waals surface area contributed by atoms with Crippen molar-refractivity contribution in [3.63, 3.8) is 0 Å². The largest absolute Gasteiger partial charge is 0.486 e. The molecule has 2 aliphatic rings. The van der Waals surface area contributed by atoms with Gasteiger partial charge in [0, 0.05) is 12.1 Å². The number of halogens is 1. The molecular formula is C20H21FN2O3. The Morgan fingerprint density at radius 1 is 1.12 bits per heavy atom. The summed E-state index contributed by atoms with van der Waals surface area (Å²) >= 11 is 0. The summed E-state index contributed by atoms with van der Waals surface area (Å²) in [5.74, 6) is -0.305. The molecule has 2 heterocycles. The van der Waals surface area contributed by atoms with Gasteiger partial charge in [0.2, 0.25) is 0 Å². The van der Waals surface area contributed by atoms with E-state index in [2.05, 4.69) is 4.90 Å². The minimum absolute atomic E-state index is 0.248. The monoisotopic (exact) mass is 356 g/mol. The Hall–Kier alpha value is -2.63. The first kappa shape index (κ1) is 16.8. The molecule has 2 aromatic carbocycles. The van der Waals surface area contributed by atoms with Crippen molar-refractivity contribution in [2.24, 2.45) is 0 Å². The number of nitro benzene ring substituents is 1. The molecule has 2 aromatic rings. The van der Waals surface area contributed by atoms with E-state index in [0.29, 0.717) is 17.8 Å². The standard InChI is InChI=1S/C20H21FN2O3/c21-18-11-17(23(24)25)12-19(26-13-14-5-2-1-3-6-14)20(18)22-15-7-4-8-16(22)10-9-15/h1-3,5-6,11-12,15-16H,4,7-10,13H2. The second kappa shape index (κ2) is 6.94. The zero-order valence-corrected chi connectivity index (χ0v) is 14.4. The number of non-ortho nitro benzene ring substituents is 1. The zero-order valence-electron chi connectivity index (χ0n) is 14.4. The lowest BCUT2D eigenvalue weighted by atomic mass is 10.0. The molecule has 4 rings (SSSR count). The summed E-state index contributed by atoms with van der Waals surface area (Å²) in [6, 6.07) is 12.5. The van der Waals surface area contributed by atoms with Crippen molar-refractivity contribution in [2.75, 3.05) is 4.90 Å². The highest BCUT2D eigenvalue weighted by atomic mass is 19.1. The normalized spacial score (nSPS) is 21.7. The fraction of sp³-hybridized carbons (Fsp3) is 0.400. The molecule has 0 amide bonds. The van der Waals surface area contributed by atoms with E-state index in [1.54, 1.807) is 0 Å². The van der Waals surface area contributed by atoms with Crippen LogP contribution in [0.3, 0.4) is 0 Å². The van der Waals surface area contributed by atoms with Gasteiger partial charge in [0.25, 0.3) is 5.69 Å². The predicted molar refractivity (Wildman–Crippen MR) is 97.0 cm³/mol. The Morgan fingerprint density at radius 3 is 2.46 bits per heavy atom. The minimum atomic E-state index is -0.576. The van der Waals surface area contributed by atoms with Crippen molar-refractivity contribution in [2.45, 2.75) is 50.8 Å². The van der Waals surface area contributed by atoms with Crippen LogP contribution in [-0.4, -0.2) is 17.0 Å². The maximum Gasteiger partial charge on any atom is 0.276 e. The predicted octanol–water partition coefficient (Wildman–Crippen LogP) is 4.83.